The fourth-order valence-electron chi connectivity index (χ4n) is 3.64. The van der Waals surface area contributed by atoms with E-state index in [1.165, 1.54) is 23.1 Å². The standard InChI is InChI=1S/C24H23N3O4S2/c1-14-6-11-19-20(12-14)33-24(26-19)27-21(28)13-32-16-9-7-15(8-10-16)25-22(29)17-4-2-3-5-18(17)23(30)31/h2-3,6-12,17-18H,4-5,13H2,1H3,(H,25,29)(H,30,31)(H,26,27,28). The third-order valence-electron chi connectivity index (χ3n) is 5.37. The van der Waals surface area contributed by atoms with E-state index in [1.54, 1.807) is 12.1 Å². The van der Waals surface area contributed by atoms with Gasteiger partial charge in [-0.2, -0.15) is 0 Å². The first-order chi connectivity index (χ1) is 15.9. The number of hydrogen-bond acceptors (Lipinski definition) is 6. The van der Waals surface area contributed by atoms with Gasteiger partial charge in [0.05, 0.1) is 27.8 Å². The summed E-state index contributed by atoms with van der Waals surface area (Å²) in [7, 11) is 0. The molecule has 0 spiro atoms. The van der Waals surface area contributed by atoms with E-state index in [0.29, 0.717) is 23.7 Å². The second-order valence-corrected chi connectivity index (χ2v) is 9.91. The fraction of sp³-hybridized carbons (Fsp3) is 0.250. The number of carboxylic acid groups (broad SMARTS) is 1. The van der Waals surface area contributed by atoms with Gasteiger partial charge < -0.3 is 15.7 Å². The van der Waals surface area contributed by atoms with E-state index in [1.807, 2.05) is 49.4 Å². The summed E-state index contributed by atoms with van der Waals surface area (Å²) < 4.78 is 1.04. The minimum absolute atomic E-state index is 0.141. The fourth-order valence-corrected chi connectivity index (χ4v) is 5.31. The average Bonchev–Trinajstić information content (AvgIpc) is 3.19. The summed E-state index contributed by atoms with van der Waals surface area (Å²) in [6, 6.07) is 13.1. The Morgan fingerprint density at radius 1 is 1.06 bits per heavy atom. The summed E-state index contributed by atoms with van der Waals surface area (Å²) in [5, 5.41) is 15.6. The Morgan fingerprint density at radius 3 is 2.52 bits per heavy atom. The van der Waals surface area contributed by atoms with Crippen LogP contribution in [0.4, 0.5) is 10.8 Å². The number of nitrogens with zero attached hydrogens (tertiary/aromatic N) is 1. The zero-order valence-corrected chi connectivity index (χ0v) is 19.5. The van der Waals surface area contributed by atoms with Gasteiger partial charge in [0.25, 0.3) is 0 Å². The summed E-state index contributed by atoms with van der Waals surface area (Å²) in [5.74, 6) is -2.45. The molecule has 1 heterocycles. The van der Waals surface area contributed by atoms with Gasteiger partial charge in [-0.25, -0.2) is 4.98 Å². The first-order valence-corrected chi connectivity index (χ1v) is 12.3. The number of nitrogens with one attached hydrogen (secondary N) is 2. The summed E-state index contributed by atoms with van der Waals surface area (Å²) in [4.78, 5) is 41.6. The van der Waals surface area contributed by atoms with Crippen molar-refractivity contribution < 1.29 is 19.5 Å². The molecule has 1 aromatic heterocycles. The second kappa shape index (κ2) is 10.2. The van der Waals surface area contributed by atoms with Crippen molar-refractivity contribution in [3.8, 4) is 0 Å². The van der Waals surface area contributed by atoms with Crippen LogP contribution in [0.2, 0.25) is 0 Å². The Morgan fingerprint density at radius 2 is 1.79 bits per heavy atom. The number of hydrogen-bond donors (Lipinski definition) is 3. The maximum Gasteiger partial charge on any atom is 0.307 e. The van der Waals surface area contributed by atoms with Gasteiger partial charge in [0, 0.05) is 10.6 Å². The van der Waals surface area contributed by atoms with Crippen LogP contribution in [0, 0.1) is 18.8 Å². The van der Waals surface area contributed by atoms with Crippen LogP contribution < -0.4 is 10.6 Å². The molecule has 0 radical (unpaired) electrons. The lowest BCUT2D eigenvalue weighted by molar-refractivity contribution is -0.146. The molecule has 0 fully saturated rings. The molecule has 3 N–H and O–H groups in total. The van der Waals surface area contributed by atoms with E-state index in [-0.39, 0.29) is 17.6 Å². The predicted octanol–water partition coefficient (Wildman–Crippen LogP) is 4.94. The average molecular weight is 482 g/mol. The van der Waals surface area contributed by atoms with Gasteiger partial charge in [0.2, 0.25) is 11.8 Å². The molecular formula is C24H23N3O4S2. The van der Waals surface area contributed by atoms with Crippen LogP contribution in [-0.2, 0) is 14.4 Å². The third kappa shape index (κ3) is 5.80. The molecule has 0 saturated heterocycles. The lowest BCUT2D eigenvalue weighted by atomic mass is 9.82. The topological polar surface area (TPSA) is 108 Å². The molecule has 3 aromatic rings. The second-order valence-electron chi connectivity index (χ2n) is 7.83. The molecule has 0 saturated carbocycles. The van der Waals surface area contributed by atoms with Crippen LogP contribution in [0.1, 0.15) is 18.4 Å². The first kappa shape index (κ1) is 23.0. The van der Waals surface area contributed by atoms with Crippen LogP contribution >= 0.6 is 23.1 Å². The zero-order valence-electron chi connectivity index (χ0n) is 17.9. The molecule has 2 amide bonds. The summed E-state index contributed by atoms with van der Waals surface area (Å²) in [6.45, 7) is 2.02. The van der Waals surface area contributed by atoms with Gasteiger partial charge in [-0.3, -0.25) is 14.4 Å². The maximum absolute atomic E-state index is 12.6. The van der Waals surface area contributed by atoms with Gasteiger partial charge >= 0.3 is 5.97 Å². The maximum atomic E-state index is 12.6. The number of fused-ring (bicyclic) bond motifs is 1. The molecule has 7 nitrogen and oxygen atoms in total. The summed E-state index contributed by atoms with van der Waals surface area (Å²) in [5.41, 5.74) is 2.61. The van der Waals surface area contributed by atoms with Crippen LogP contribution in [0.25, 0.3) is 10.2 Å². The van der Waals surface area contributed by atoms with E-state index in [4.69, 9.17) is 0 Å². The first-order valence-electron chi connectivity index (χ1n) is 10.5. The number of aliphatic carboxylic acids is 1. The minimum Gasteiger partial charge on any atom is -0.481 e. The van der Waals surface area contributed by atoms with Crippen molar-refractivity contribution >= 4 is 61.9 Å². The van der Waals surface area contributed by atoms with Crippen LogP contribution in [0.15, 0.2) is 59.5 Å². The number of aryl methyl sites for hydroxylation is 1. The molecule has 0 bridgehead atoms. The van der Waals surface area contributed by atoms with E-state index in [9.17, 15) is 19.5 Å². The Balaban J connectivity index is 1.29. The number of anilines is 2. The number of rotatable bonds is 7. The smallest absolute Gasteiger partial charge is 0.307 e. The third-order valence-corrected chi connectivity index (χ3v) is 7.31. The SMILES string of the molecule is Cc1ccc2nc(NC(=O)CSc3ccc(NC(=O)C4CC=CCC4C(=O)O)cc3)sc2c1. The van der Waals surface area contributed by atoms with Crippen LogP contribution in [-0.4, -0.2) is 33.6 Å². The van der Waals surface area contributed by atoms with Crippen molar-refractivity contribution in [1.82, 2.24) is 4.98 Å². The Hall–Kier alpha value is -3.17. The zero-order chi connectivity index (χ0) is 23.4. The number of allylic oxidation sites excluding steroid dienone is 2. The largest absolute Gasteiger partial charge is 0.481 e. The number of thioether (sulfide) groups is 1. The summed E-state index contributed by atoms with van der Waals surface area (Å²) in [6.07, 6.45) is 4.44. The molecular weight excluding hydrogens is 458 g/mol. The molecule has 1 aliphatic carbocycles. The quantitative estimate of drug-likeness (QED) is 0.326. The highest BCUT2D eigenvalue weighted by atomic mass is 32.2. The van der Waals surface area contributed by atoms with Gasteiger partial charge in [0.15, 0.2) is 5.13 Å². The van der Waals surface area contributed by atoms with Gasteiger partial charge in [-0.05, 0) is 61.7 Å². The Bertz CT molecular complexity index is 1220. The highest BCUT2D eigenvalue weighted by Gasteiger charge is 2.33. The van der Waals surface area contributed by atoms with Crippen LogP contribution in [0.5, 0.6) is 0 Å². The van der Waals surface area contributed by atoms with E-state index >= 15 is 0 Å². The van der Waals surface area contributed by atoms with Gasteiger partial charge in [-0.1, -0.05) is 29.6 Å². The van der Waals surface area contributed by atoms with Crippen molar-refractivity contribution in [2.45, 2.75) is 24.7 Å². The van der Waals surface area contributed by atoms with Crippen LogP contribution in [0.3, 0.4) is 0 Å². The number of amides is 2. The molecule has 33 heavy (non-hydrogen) atoms. The number of carbonyl (C=O) groups is 3. The number of carboxylic acids is 1. The molecule has 4 rings (SSSR count). The highest BCUT2D eigenvalue weighted by molar-refractivity contribution is 8.00. The van der Waals surface area contributed by atoms with E-state index in [0.717, 1.165) is 20.7 Å². The number of benzene rings is 2. The number of thiazole rings is 1. The molecule has 0 aliphatic heterocycles. The number of carbonyl (C=O) groups excluding carboxylic acids is 2. The van der Waals surface area contributed by atoms with E-state index in [2.05, 4.69) is 15.6 Å². The monoisotopic (exact) mass is 481 g/mol. The van der Waals surface area contributed by atoms with Gasteiger partial charge in [-0.15, -0.1) is 11.8 Å². The van der Waals surface area contributed by atoms with Crippen molar-refractivity contribution in [1.29, 1.82) is 0 Å². The lowest BCUT2D eigenvalue weighted by Crippen LogP contribution is -2.34. The van der Waals surface area contributed by atoms with Crippen molar-refractivity contribution in [2.75, 3.05) is 16.4 Å². The molecule has 2 unspecified atom stereocenters. The van der Waals surface area contributed by atoms with E-state index < -0.39 is 17.8 Å². The molecule has 2 atom stereocenters. The van der Waals surface area contributed by atoms with Crippen molar-refractivity contribution in [3.63, 3.8) is 0 Å². The molecule has 9 heteroatoms. The normalized spacial score (nSPS) is 17.6. The highest BCUT2D eigenvalue weighted by Crippen LogP contribution is 2.29. The van der Waals surface area contributed by atoms with Gasteiger partial charge in [0.1, 0.15) is 0 Å². The number of aromatic nitrogens is 1. The predicted molar refractivity (Wildman–Crippen MR) is 132 cm³/mol. The van der Waals surface area contributed by atoms with Crippen molar-refractivity contribution in [2.24, 2.45) is 11.8 Å². The Labute approximate surface area is 199 Å². The lowest BCUT2D eigenvalue weighted by Gasteiger charge is -2.24. The Kier molecular flexibility index (Phi) is 7.10. The molecule has 2 aromatic carbocycles. The molecule has 1 aliphatic rings. The summed E-state index contributed by atoms with van der Waals surface area (Å²) >= 11 is 2.83. The van der Waals surface area contributed by atoms with Crippen molar-refractivity contribution in [3.05, 3.63) is 60.2 Å². The molecule has 170 valence electrons. The minimum atomic E-state index is -0.953.